The summed E-state index contributed by atoms with van der Waals surface area (Å²) in [6, 6.07) is 48.7. The molecule has 2 aliphatic rings. The van der Waals surface area contributed by atoms with Gasteiger partial charge < -0.3 is 9.47 Å². The Morgan fingerprint density at radius 3 is 1.42 bits per heavy atom. The van der Waals surface area contributed by atoms with E-state index in [-0.39, 0.29) is 17.9 Å². The number of benzene rings is 5. The number of nitrogens with zero attached hydrogens (tertiary/aromatic N) is 5. The van der Waals surface area contributed by atoms with Gasteiger partial charge in [-0.05, 0) is 142 Å². The normalized spacial score (nSPS) is 13.3. The maximum atomic E-state index is 11.8. The summed E-state index contributed by atoms with van der Waals surface area (Å²) in [5, 5.41) is 1.33. The lowest BCUT2D eigenvalue weighted by Crippen LogP contribution is -2.35. The maximum Gasteiger partial charge on any atom is 0.261 e. The second-order valence-corrected chi connectivity index (χ2v) is 17.0. The Morgan fingerprint density at radius 2 is 0.952 bits per heavy atom. The number of hydrogen-bond donors (Lipinski definition) is 0. The molecule has 0 bridgehead atoms. The monoisotopic (exact) mass is 832 g/mol. The van der Waals surface area contributed by atoms with Crippen LogP contribution in [0.1, 0.15) is 127 Å². The van der Waals surface area contributed by atoms with Crippen molar-refractivity contribution in [2.45, 2.75) is 120 Å². The Morgan fingerprint density at radius 1 is 0.500 bits per heavy atom. The molecule has 0 unspecified atom stereocenters. The number of rotatable bonds is 7. The fraction of sp³-hybridized carbons (Fsp3) is 0.345. The fourth-order valence-corrected chi connectivity index (χ4v) is 7.41. The third-order valence-corrected chi connectivity index (χ3v) is 10.4. The van der Waals surface area contributed by atoms with E-state index in [4.69, 9.17) is 0 Å². The first-order valence-electron chi connectivity index (χ1n) is 22.2. The second kappa shape index (κ2) is 23.8. The van der Waals surface area contributed by atoms with Crippen molar-refractivity contribution in [1.82, 2.24) is 9.47 Å². The van der Waals surface area contributed by atoms with Crippen molar-refractivity contribution in [3.05, 3.63) is 174 Å². The van der Waals surface area contributed by atoms with Crippen molar-refractivity contribution >= 4 is 39.8 Å². The Labute approximate surface area is 372 Å². The Balaban J connectivity index is 0.000000171. The Kier molecular flexibility index (Phi) is 18.6. The summed E-state index contributed by atoms with van der Waals surface area (Å²) >= 11 is 0. The van der Waals surface area contributed by atoms with Crippen molar-refractivity contribution in [1.29, 1.82) is 0 Å². The van der Waals surface area contributed by atoms with Crippen LogP contribution in [0.25, 0.3) is 10.9 Å². The summed E-state index contributed by atoms with van der Waals surface area (Å²) in [6.07, 6.45) is 3.36. The predicted octanol–water partition coefficient (Wildman–Crippen LogP) is 13.2. The third-order valence-electron chi connectivity index (χ3n) is 10.4. The molecule has 7 heteroatoms. The van der Waals surface area contributed by atoms with Crippen LogP contribution in [0, 0.1) is 0 Å². The van der Waals surface area contributed by atoms with Gasteiger partial charge in [0.25, 0.3) is 11.8 Å². The van der Waals surface area contributed by atoms with Gasteiger partial charge in [0.2, 0.25) is 0 Å². The molecule has 0 fully saturated rings. The molecule has 7 nitrogen and oxygen atoms in total. The van der Waals surface area contributed by atoms with Crippen LogP contribution in [0.15, 0.2) is 156 Å². The van der Waals surface area contributed by atoms with Gasteiger partial charge in [-0.2, -0.15) is 0 Å². The molecule has 0 saturated heterocycles. The summed E-state index contributed by atoms with van der Waals surface area (Å²) in [4.78, 5) is 36.2. The summed E-state index contributed by atoms with van der Waals surface area (Å²) in [5.74, 6) is -0.360. The van der Waals surface area contributed by atoms with E-state index in [9.17, 15) is 9.59 Å². The van der Waals surface area contributed by atoms with Crippen LogP contribution in [0.3, 0.4) is 0 Å². The van der Waals surface area contributed by atoms with Gasteiger partial charge in [-0.25, -0.2) is 0 Å². The van der Waals surface area contributed by atoms with Gasteiger partial charge >= 0.3 is 0 Å². The lowest BCUT2D eigenvalue weighted by molar-refractivity contribution is 0.0609. The van der Waals surface area contributed by atoms with Crippen molar-refractivity contribution in [2.24, 2.45) is 9.98 Å². The minimum absolute atomic E-state index is 0.0811. The minimum atomic E-state index is -0.180. The summed E-state index contributed by atoms with van der Waals surface area (Å²) in [6.45, 7) is 26.2. The quantitative estimate of drug-likeness (QED) is 0.119. The molecule has 2 amide bonds. The molecule has 2 aliphatic heterocycles. The average Bonchev–Trinajstić information content (AvgIpc) is 3.96. The zero-order chi connectivity index (χ0) is 45.3. The van der Waals surface area contributed by atoms with Crippen molar-refractivity contribution in [2.75, 3.05) is 11.4 Å². The average molecular weight is 832 g/mol. The number of carbonyl (C=O) groups excluding carboxylic acids is 2. The maximum absolute atomic E-state index is 11.8. The zero-order valence-electron chi connectivity index (χ0n) is 39.2. The molecule has 1 aromatic heterocycles. The molecule has 8 rings (SSSR count). The molecular formula is C55H69N5O2. The fourth-order valence-electron chi connectivity index (χ4n) is 7.41. The van der Waals surface area contributed by atoms with Crippen LogP contribution in [0.2, 0.25) is 0 Å². The number of amides is 2. The molecule has 0 atom stereocenters. The number of fused-ring (bicyclic) bond motifs is 3. The van der Waals surface area contributed by atoms with Crippen LogP contribution in [-0.4, -0.2) is 63.4 Å². The minimum Gasteiger partial charge on any atom is -0.369 e. The van der Waals surface area contributed by atoms with E-state index in [1.807, 2.05) is 50.2 Å². The molecule has 326 valence electrons. The predicted molar refractivity (Wildman–Crippen MR) is 265 cm³/mol. The van der Waals surface area contributed by atoms with Crippen molar-refractivity contribution in [3.8, 4) is 0 Å². The van der Waals surface area contributed by atoms with E-state index in [0.717, 1.165) is 11.4 Å². The summed E-state index contributed by atoms with van der Waals surface area (Å²) < 4.78 is 2.29. The molecule has 62 heavy (non-hydrogen) atoms. The van der Waals surface area contributed by atoms with Crippen molar-refractivity contribution < 1.29 is 9.59 Å². The summed E-state index contributed by atoms with van der Waals surface area (Å²) in [5.41, 5.74) is 9.97. The number of hydrogen-bond acceptors (Lipinski definition) is 5. The van der Waals surface area contributed by atoms with Crippen LogP contribution in [-0.2, 0) is 6.42 Å². The highest BCUT2D eigenvalue weighted by molar-refractivity contribution is 6.21. The highest BCUT2D eigenvalue weighted by atomic mass is 16.2. The third kappa shape index (κ3) is 13.7. The van der Waals surface area contributed by atoms with Gasteiger partial charge in [0, 0.05) is 65.6 Å². The standard InChI is InChI=1S/C11H11NO2.C11H15N.C11H13N.2C11H15N/c1-7(2)12-10(13)8-5-3-4-6-9(8)11(12)14;2*1-9(2)12-8-7-10-5-3-4-6-11(10)12;2*1-9(2)12-10(3)11-7-5-4-6-8-11/h3-7H,1-2H3;3-6,9H,7-8H2,1-2H3;3-9H,1-2H3;2*4-9H,1-3H3. The second-order valence-electron chi connectivity index (χ2n) is 17.0. The molecule has 0 aliphatic carbocycles. The number of imide groups is 1. The number of para-hydroxylation sites is 2. The van der Waals surface area contributed by atoms with Crippen molar-refractivity contribution in [3.63, 3.8) is 0 Å². The van der Waals surface area contributed by atoms with Crippen LogP contribution < -0.4 is 4.90 Å². The molecule has 0 saturated carbocycles. The van der Waals surface area contributed by atoms with Gasteiger partial charge in [-0.15, -0.1) is 0 Å². The van der Waals surface area contributed by atoms with E-state index in [2.05, 4.69) is 174 Å². The van der Waals surface area contributed by atoms with E-state index in [0.29, 0.717) is 35.3 Å². The lowest BCUT2D eigenvalue weighted by Gasteiger charge is -2.23. The topological polar surface area (TPSA) is 70.3 Å². The van der Waals surface area contributed by atoms with Gasteiger partial charge in [0.15, 0.2) is 0 Å². The number of anilines is 1. The molecule has 3 heterocycles. The van der Waals surface area contributed by atoms with Gasteiger partial charge in [-0.3, -0.25) is 24.5 Å². The Hall–Kier alpha value is -6.08. The van der Waals surface area contributed by atoms with E-state index >= 15 is 0 Å². The smallest absolute Gasteiger partial charge is 0.261 e. The van der Waals surface area contributed by atoms with Crippen LogP contribution >= 0.6 is 0 Å². The number of aliphatic imine (C=N–C) groups is 2. The molecule has 0 N–H and O–H groups in total. The van der Waals surface area contributed by atoms with Gasteiger partial charge in [0.1, 0.15) is 0 Å². The number of carbonyl (C=O) groups is 2. The Bertz CT molecular complexity index is 2280. The molecule has 5 aromatic carbocycles. The van der Waals surface area contributed by atoms with Crippen LogP contribution in [0.5, 0.6) is 0 Å². The SMILES string of the molecule is CC(=NC(C)C)c1ccccc1.CC(=NC(C)C)c1ccccc1.CC(C)N1C(=O)c2ccccc2C1=O.CC(C)N1CCc2ccccc21.CC(C)n1ccc2ccccc21. The van der Waals surface area contributed by atoms with Gasteiger partial charge in [0.05, 0.1) is 11.1 Å². The highest BCUT2D eigenvalue weighted by Crippen LogP contribution is 2.29. The van der Waals surface area contributed by atoms with E-state index < -0.39 is 0 Å². The first-order valence-corrected chi connectivity index (χ1v) is 22.2. The van der Waals surface area contributed by atoms with E-state index in [1.165, 1.54) is 51.1 Å². The zero-order valence-corrected chi connectivity index (χ0v) is 39.2. The number of aromatic nitrogens is 1. The first kappa shape index (κ1) is 48.6. The first-order chi connectivity index (χ1) is 29.6. The van der Waals surface area contributed by atoms with Crippen LogP contribution in [0.4, 0.5) is 5.69 Å². The molecule has 0 radical (unpaired) electrons. The summed E-state index contributed by atoms with van der Waals surface area (Å²) in [7, 11) is 0. The van der Waals surface area contributed by atoms with E-state index in [1.54, 1.807) is 24.3 Å². The van der Waals surface area contributed by atoms with Gasteiger partial charge in [-0.1, -0.05) is 109 Å². The molecule has 6 aromatic rings. The molecule has 0 spiro atoms. The highest BCUT2D eigenvalue weighted by Gasteiger charge is 2.36. The molecular weight excluding hydrogens is 763 g/mol. The lowest BCUT2D eigenvalue weighted by atomic mass is 10.1. The largest absolute Gasteiger partial charge is 0.369 e.